The molecule has 0 amide bonds. The molecule has 3 aromatic rings. The third kappa shape index (κ3) is 2.54. The smallest absolute Gasteiger partial charge is 0.100 e. The number of aromatic nitrogens is 2. The number of hydrogen-bond donors (Lipinski definition) is 1. The molecule has 0 radical (unpaired) electrons. The van der Waals surface area contributed by atoms with Crippen molar-refractivity contribution in [2.24, 2.45) is 0 Å². The Bertz CT molecular complexity index is 757. The third-order valence-electron chi connectivity index (χ3n) is 2.72. The normalized spacial score (nSPS) is 10.3. The van der Waals surface area contributed by atoms with E-state index in [4.69, 9.17) is 5.26 Å². The number of nitriles is 1. The lowest BCUT2D eigenvalue weighted by molar-refractivity contribution is 1.19. The van der Waals surface area contributed by atoms with Crippen molar-refractivity contribution in [3.05, 3.63) is 52.5 Å². The second kappa shape index (κ2) is 5.04. The van der Waals surface area contributed by atoms with Gasteiger partial charge in [-0.05, 0) is 24.3 Å². The average molecular weight is 266 g/mol. The van der Waals surface area contributed by atoms with Gasteiger partial charge in [0.05, 0.1) is 16.6 Å². The Morgan fingerprint density at radius 1 is 1.16 bits per heavy atom. The van der Waals surface area contributed by atoms with E-state index in [0.717, 1.165) is 21.6 Å². The van der Waals surface area contributed by atoms with Gasteiger partial charge in [0.15, 0.2) is 0 Å². The highest BCUT2D eigenvalue weighted by Crippen LogP contribution is 2.18. The number of fused-ring (bicyclic) bond motifs is 1. The Balaban J connectivity index is 1.76. The lowest BCUT2D eigenvalue weighted by Gasteiger charge is -2.05. The van der Waals surface area contributed by atoms with Crippen LogP contribution >= 0.6 is 11.3 Å². The molecule has 0 unspecified atom stereocenters. The van der Waals surface area contributed by atoms with Gasteiger partial charge in [-0.2, -0.15) is 5.26 Å². The predicted molar refractivity (Wildman–Crippen MR) is 75.9 cm³/mol. The molecule has 0 bridgehead atoms. The molecule has 4 nitrogen and oxygen atoms in total. The van der Waals surface area contributed by atoms with Crippen molar-refractivity contribution < 1.29 is 0 Å². The van der Waals surface area contributed by atoms with Crippen LogP contribution in [0.25, 0.3) is 11.0 Å². The molecule has 3 rings (SSSR count). The van der Waals surface area contributed by atoms with Crippen LogP contribution < -0.4 is 5.32 Å². The Kier molecular flexibility index (Phi) is 3.09. The SMILES string of the molecule is N#Cc1csc(CNc2ccc3nccnc3c2)c1. The molecule has 0 aliphatic rings. The van der Waals surface area contributed by atoms with E-state index < -0.39 is 0 Å². The lowest BCUT2D eigenvalue weighted by Crippen LogP contribution is -1.97. The zero-order valence-electron chi connectivity index (χ0n) is 10.00. The first kappa shape index (κ1) is 11.6. The highest BCUT2D eigenvalue weighted by Gasteiger charge is 2.01. The number of nitrogens with zero attached hydrogens (tertiary/aromatic N) is 3. The molecular formula is C14H10N4S. The Morgan fingerprint density at radius 2 is 2.00 bits per heavy atom. The molecular weight excluding hydrogens is 256 g/mol. The van der Waals surface area contributed by atoms with Gasteiger partial charge >= 0.3 is 0 Å². The van der Waals surface area contributed by atoms with Crippen LogP contribution in [-0.2, 0) is 6.54 Å². The molecule has 5 heteroatoms. The summed E-state index contributed by atoms with van der Waals surface area (Å²) in [6.45, 7) is 0.706. The van der Waals surface area contributed by atoms with Gasteiger partial charge in [-0.3, -0.25) is 9.97 Å². The van der Waals surface area contributed by atoms with Crippen LogP contribution in [0, 0.1) is 11.3 Å². The minimum absolute atomic E-state index is 0.706. The molecule has 0 saturated heterocycles. The highest BCUT2D eigenvalue weighted by molar-refractivity contribution is 7.10. The Hall–Kier alpha value is -2.45. The monoisotopic (exact) mass is 266 g/mol. The summed E-state index contributed by atoms with van der Waals surface area (Å²) in [5, 5.41) is 14.0. The average Bonchev–Trinajstić information content (AvgIpc) is 2.93. The summed E-state index contributed by atoms with van der Waals surface area (Å²) < 4.78 is 0. The van der Waals surface area contributed by atoms with Crippen LogP contribution in [0.15, 0.2) is 42.0 Å². The molecule has 1 N–H and O–H groups in total. The predicted octanol–water partition coefficient (Wildman–Crippen LogP) is 3.18. The third-order valence-corrected chi connectivity index (χ3v) is 3.66. The minimum Gasteiger partial charge on any atom is -0.380 e. The second-order valence-corrected chi connectivity index (χ2v) is 5.02. The zero-order chi connectivity index (χ0) is 13.1. The van der Waals surface area contributed by atoms with Gasteiger partial charge in [0.2, 0.25) is 0 Å². The van der Waals surface area contributed by atoms with Crippen LogP contribution in [-0.4, -0.2) is 9.97 Å². The van der Waals surface area contributed by atoms with Crippen molar-refractivity contribution in [2.75, 3.05) is 5.32 Å². The van der Waals surface area contributed by atoms with Gasteiger partial charge in [0.1, 0.15) is 6.07 Å². The number of anilines is 1. The van der Waals surface area contributed by atoms with Crippen LogP contribution in [0.5, 0.6) is 0 Å². The van der Waals surface area contributed by atoms with E-state index in [2.05, 4.69) is 21.4 Å². The van der Waals surface area contributed by atoms with Crippen LogP contribution in [0.4, 0.5) is 5.69 Å². The van der Waals surface area contributed by atoms with Gasteiger partial charge in [-0.25, -0.2) is 0 Å². The zero-order valence-corrected chi connectivity index (χ0v) is 10.8. The fourth-order valence-corrected chi connectivity index (χ4v) is 2.54. The summed E-state index contributed by atoms with van der Waals surface area (Å²) in [6.07, 6.45) is 3.37. The summed E-state index contributed by atoms with van der Waals surface area (Å²) in [4.78, 5) is 9.64. The van der Waals surface area contributed by atoms with Gasteiger partial charge < -0.3 is 5.32 Å². The van der Waals surface area contributed by atoms with E-state index >= 15 is 0 Å². The molecule has 2 heterocycles. The molecule has 0 aliphatic carbocycles. The van der Waals surface area contributed by atoms with Gasteiger partial charge in [-0.1, -0.05) is 0 Å². The van der Waals surface area contributed by atoms with Gasteiger partial charge in [0, 0.05) is 34.9 Å². The van der Waals surface area contributed by atoms with Crippen molar-refractivity contribution in [3.8, 4) is 6.07 Å². The largest absolute Gasteiger partial charge is 0.380 e. The fraction of sp³-hybridized carbons (Fsp3) is 0.0714. The highest BCUT2D eigenvalue weighted by atomic mass is 32.1. The quantitative estimate of drug-likeness (QED) is 0.791. The maximum absolute atomic E-state index is 8.78. The molecule has 92 valence electrons. The van der Waals surface area contributed by atoms with E-state index in [-0.39, 0.29) is 0 Å². The first-order valence-corrected chi connectivity index (χ1v) is 6.65. The topological polar surface area (TPSA) is 61.6 Å². The summed E-state index contributed by atoms with van der Waals surface area (Å²) in [6, 6.07) is 9.93. The van der Waals surface area contributed by atoms with Gasteiger partial charge in [0.25, 0.3) is 0 Å². The van der Waals surface area contributed by atoms with E-state index in [1.54, 1.807) is 23.7 Å². The summed E-state index contributed by atoms with van der Waals surface area (Å²) in [5.41, 5.74) is 3.47. The molecule has 1 aromatic carbocycles. The Morgan fingerprint density at radius 3 is 2.79 bits per heavy atom. The van der Waals surface area contributed by atoms with Crippen molar-refractivity contribution in [3.63, 3.8) is 0 Å². The number of thiophene rings is 1. The van der Waals surface area contributed by atoms with Crippen LogP contribution in [0.2, 0.25) is 0 Å². The van der Waals surface area contributed by atoms with Crippen molar-refractivity contribution in [1.29, 1.82) is 5.26 Å². The molecule has 0 saturated carbocycles. The van der Waals surface area contributed by atoms with Gasteiger partial charge in [-0.15, -0.1) is 11.3 Å². The standard InChI is InChI=1S/C14H10N4S/c15-7-10-5-12(19-9-10)8-18-11-1-2-13-14(6-11)17-4-3-16-13/h1-6,9,18H,8H2. The molecule has 0 fully saturated rings. The van der Waals surface area contributed by atoms with Crippen LogP contribution in [0.3, 0.4) is 0 Å². The Labute approximate surface area is 114 Å². The van der Waals surface area contributed by atoms with Crippen molar-refractivity contribution in [2.45, 2.75) is 6.54 Å². The summed E-state index contributed by atoms with van der Waals surface area (Å²) in [7, 11) is 0. The number of rotatable bonds is 3. The van der Waals surface area contributed by atoms with E-state index in [1.807, 2.05) is 29.6 Å². The number of nitrogens with one attached hydrogen (secondary N) is 1. The number of hydrogen-bond acceptors (Lipinski definition) is 5. The second-order valence-electron chi connectivity index (χ2n) is 4.03. The molecule has 0 aliphatic heterocycles. The van der Waals surface area contributed by atoms with E-state index in [1.165, 1.54) is 0 Å². The van der Waals surface area contributed by atoms with E-state index in [9.17, 15) is 0 Å². The van der Waals surface area contributed by atoms with E-state index in [0.29, 0.717) is 12.1 Å². The molecule has 0 atom stereocenters. The lowest BCUT2D eigenvalue weighted by atomic mass is 10.2. The summed E-state index contributed by atoms with van der Waals surface area (Å²) >= 11 is 1.58. The first-order chi connectivity index (χ1) is 9.35. The fourth-order valence-electron chi connectivity index (χ4n) is 1.79. The molecule has 0 spiro atoms. The first-order valence-electron chi connectivity index (χ1n) is 5.77. The minimum atomic E-state index is 0.706. The number of benzene rings is 1. The maximum atomic E-state index is 8.78. The van der Waals surface area contributed by atoms with Crippen molar-refractivity contribution >= 4 is 28.1 Å². The molecule has 19 heavy (non-hydrogen) atoms. The summed E-state index contributed by atoms with van der Waals surface area (Å²) in [5.74, 6) is 0. The van der Waals surface area contributed by atoms with Crippen LogP contribution in [0.1, 0.15) is 10.4 Å². The van der Waals surface area contributed by atoms with Crippen molar-refractivity contribution in [1.82, 2.24) is 9.97 Å². The molecule has 2 aromatic heterocycles. The maximum Gasteiger partial charge on any atom is 0.100 e.